The molecule has 4 aliphatic carbocycles. The smallest absolute Gasteiger partial charge is 0.302 e. The number of carbonyl (C=O) groups is 2. The molecular formula is C21H29FO3. The lowest BCUT2D eigenvalue weighted by Crippen LogP contribution is -2.50. The summed E-state index contributed by atoms with van der Waals surface area (Å²) >= 11 is 0. The number of allylic oxidation sites excluding steroid dienone is 1. The Hall–Kier alpha value is -1.19. The van der Waals surface area contributed by atoms with Gasteiger partial charge in [-0.3, -0.25) is 9.59 Å². The molecule has 0 bridgehead atoms. The Morgan fingerprint density at radius 1 is 1.20 bits per heavy atom. The number of Topliss-reactive ketones (excluding diaryl/α,β-unsaturated/α-hetero) is 1. The summed E-state index contributed by atoms with van der Waals surface area (Å²) in [6.07, 6.45) is 7.06. The van der Waals surface area contributed by atoms with Gasteiger partial charge < -0.3 is 4.74 Å². The monoisotopic (exact) mass is 348 g/mol. The van der Waals surface area contributed by atoms with Gasteiger partial charge in [-0.1, -0.05) is 25.5 Å². The Bertz CT molecular complexity index is 641. The summed E-state index contributed by atoms with van der Waals surface area (Å²) in [6, 6.07) is 0. The van der Waals surface area contributed by atoms with Crippen LogP contribution in [0.4, 0.5) is 4.39 Å². The van der Waals surface area contributed by atoms with Crippen LogP contribution in [0.15, 0.2) is 11.6 Å². The second-order valence-electron chi connectivity index (χ2n) is 9.26. The summed E-state index contributed by atoms with van der Waals surface area (Å²) < 4.78 is 19.7. The van der Waals surface area contributed by atoms with Crippen molar-refractivity contribution in [3.63, 3.8) is 0 Å². The molecule has 0 aromatic heterocycles. The number of esters is 1. The first kappa shape index (κ1) is 17.2. The van der Waals surface area contributed by atoms with Crippen molar-refractivity contribution in [3.8, 4) is 0 Å². The van der Waals surface area contributed by atoms with Crippen molar-refractivity contribution in [1.82, 2.24) is 0 Å². The van der Waals surface area contributed by atoms with Crippen molar-refractivity contribution in [3.05, 3.63) is 11.6 Å². The van der Waals surface area contributed by atoms with Gasteiger partial charge in [-0.15, -0.1) is 0 Å². The van der Waals surface area contributed by atoms with Crippen molar-refractivity contribution < 1.29 is 18.7 Å². The number of carbonyl (C=O) groups excluding carboxylic acids is 2. The average molecular weight is 348 g/mol. The molecule has 0 amide bonds. The van der Waals surface area contributed by atoms with Crippen molar-refractivity contribution in [2.75, 3.05) is 0 Å². The van der Waals surface area contributed by atoms with Crippen LogP contribution in [-0.4, -0.2) is 24.0 Å². The molecule has 7 unspecified atom stereocenters. The van der Waals surface area contributed by atoms with Crippen LogP contribution in [-0.2, 0) is 14.3 Å². The van der Waals surface area contributed by atoms with Crippen molar-refractivity contribution in [2.24, 2.45) is 28.6 Å². The van der Waals surface area contributed by atoms with Crippen LogP contribution in [0, 0.1) is 28.6 Å². The van der Waals surface area contributed by atoms with Gasteiger partial charge in [0, 0.05) is 18.8 Å². The molecule has 3 nitrogen and oxygen atoms in total. The van der Waals surface area contributed by atoms with Gasteiger partial charge in [-0.2, -0.15) is 0 Å². The Morgan fingerprint density at radius 3 is 2.64 bits per heavy atom. The number of ketones is 1. The third-order valence-corrected chi connectivity index (χ3v) is 8.09. The fourth-order valence-electron chi connectivity index (χ4n) is 6.71. The second-order valence-corrected chi connectivity index (χ2v) is 9.26. The zero-order valence-corrected chi connectivity index (χ0v) is 15.5. The summed E-state index contributed by atoms with van der Waals surface area (Å²) in [5.74, 6) is 0.795. The van der Waals surface area contributed by atoms with E-state index >= 15 is 0 Å². The molecule has 4 rings (SSSR count). The lowest BCUT2D eigenvalue weighted by atomic mass is 9.48. The summed E-state index contributed by atoms with van der Waals surface area (Å²) in [4.78, 5) is 23.7. The maximum atomic E-state index is 14.2. The molecule has 0 aliphatic heterocycles. The molecule has 0 N–H and O–H groups in total. The zero-order chi connectivity index (χ0) is 18.0. The lowest BCUT2D eigenvalue weighted by Gasteiger charge is -2.56. The normalized spacial score (nSPS) is 48.9. The Balaban J connectivity index is 1.61. The average Bonchev–Trinajstić information content (AvgIpc) is 2.78. The fourth-order valence-corrected chi connectivity index (χ4v) is 6.71. The minimum absolute atomic E-state index is 0.00510. The molecule has 0 aromatic rings. The molecule has 4 aliphatic rings. The van der Waals surface area contributed by atoms with Crippen LogP contribution in [0.5, 0.6) is 0 Å². The first-order chi connectivity index (χ1) is 11.8. The number of alkyl halides is 1. The highest BCUT2D eigenvalue weighted by atomic mass is 19.1. The third-order valence-electron chi connectivity index (χ3n) is 8.09. The first-order valence-corrected chi connectivity index (χ1v) is 9.81. The molecule has 4 heteroatoms. The zero-order valence-electron chi connectivity index (χ0n) is 15.5. The van der Waals surface area contributed by atoms with Crippen LogP contribution >= 0.6 is 0 Å². The van der Waals surface area contributed by atoms with E-state index in [1.54, 1.807) is 0 Å². The molecule has 0 spiro atoms. The molecular weight excluding hydrogens is 319 g/mol. The summed E-state index contributed by atoms with van der Waals surface area (Å²) in [5, 5.41) is 0. The summed E-state index contributed by atoms with van der Waals surface area (Å²) in [6.45, 7) is 5.84. The molecule has 3 saturated carbocycles. The van der Waals surface area contributed by atoms with Gasteiger partial charge in [0.05, 0.1) is 0 Å². The quantitative estimate of drug-likeness (QED) is 0.521. The van der Waals surface area contributed by atoms with Crippen LogP contribution in [0.25, 0.3) is 0 Å². The van der Waals surface area contributed by atoms with Gasteiger partial charge in [-0.25, -0.2) is 4.39 Å². The molecule has 25 heavy (non-hydrogen) atoms. The highest BCUT2D eigenvalue weighted by molar-refractivity contribution is 5.91. The van der Waals surface area contributed by atoms with E-state index < -0.39 is 11.6 Å². The molecule has 7 atom stereocenters. The van der Waals surface area contributed by atoms with Gasteiger partial charge in [0.2, 0.25) is 0 Å². The molecule has 0 heterocycles. The van der Waals surface area contributed by atoms with Gasteiger partial charge in [0.25, 0.3) is 0 Å². The molecule has 0 radical (unpaired) electrons. The predicted molar refractivity (Wildman–Crippen MR) is 92.5 cm³/mol. The van der Waals surface area contributed by atoms with Gasteiger partial charge in [0.15, 0.2) is 12.0 Å². The van der Waals surface area contributed by atoms with Gasteiger partial charge >= 0.3 is 5.97 Å². The Labute approximate surface area is 149 Å². The summed E-state index contributed by atoms with van der Waals surface area (Å²) in [5.41, 5.74) is 1.10. The Morgan fingerprint density at radius 2 is 1.92 bits per heavy atom. The standard InChI is InChI=1S/C21H29FO3/c1-12(23)25-14-6-8-20(2)13(10-14)4-5-15-16(20)7-9-21(3)17(15)11-18(22)19(21)24/h4,14-18H,5-11H2,1-3H3. The van der Waals surface area contributed by atoms with Crippen LogP contribution in [0.2, 0.25) is 0 Å². The third kappa shape index (κ3) is 2.43. The minimum atomic E-state index is -1.26. The number of rotatable bonds is 1. The van der Waals surface area contributed by atoms with E-state index in [0.29, 0.717) is 18.3 Å². The number of halogens is 1. The van der Waals surface area contributed by atoms with Crippen LogP contribution < -0.4 is 0 Å². The number of hydrogen-bond donors (Lipinski definition) is 0. The largest absolute Gasteiger partial charge is 0.462 e. The summed E-state index contributed by atoms with van der Waals surface area (Å²) in [7, 11) is 0. The van der Waals surface area contributed by atoms with E-state index in [1.807, 2.05) is 6.92 Å². The lowest BCUT2D eigenvalue weighted by molar-refractivity contribution is -0.148. The topological polar surface area (TPSA) is 43.4 Å². The first-order valence-electron chi connectivity index (χ1n) is 9.81. The second kappa shape index (κ2) is 5.65. The highest BCUT2D eigenvalue weighted by Gasteiger charge is 2.61. The van der Waals surface area contributed by atoms with E-state index in [9.17, 15) is 14.0 Å². The van der Waals surface area contributed by atoms with Crippen molar-refractivity contribution in [1.29, 1.82) is 0 Å². The van der Waals surface area contributed by atoms with E-state index in [2.05, 4.69) is 13.0 Å². The van der Waals surface area contributed by atoms with E-state index in [-0.39, 0.29) is 29.2 Å². The molecule has 3 fully saturated rings. The fraction of sp³-hybridized carbons (Fsp3) is 0.810. The van der Waals surface area contributed by atoms with Crippen LogP contribution in [0.1, 0.15) is 65.7 Å². The SMILES string of the molecule is CC(=O)OC1CCC2(C)C(=CCC3C4CC(F)C(=O)C4(C)CCC32)C1. The van der Waals surface area contributed by atoms with E-state index in [1.165, 1.54) is 12.5 Å². The van der Waals surface area contributed by atoms with E-state index in [0.717, 1.165) is 38.5 Å². The van der Waals surface area contributed by atoms with E-state index in [4.69, 9.17) is 4.74 Å². The molecule has 0 saturated heterocycles. The van der Waals surface area contributed by atoms with Crippen molar-refractivity contribution in [2.45, 2.75) is 78.0 Å². The van der Waals surface area contributed by atoms with Crippen molar-refractivity contribution >= 4 is 11.8 Å². The number of ether oxygens (including phenoxy) is 1. The minimum Gasteiger partial charge on any atom is -0.462 e. The van der Waals surface area contributed by atoms with Gasteiger partial charge in [0.1, 0.15) is 6.10 Å². The predicted octanol–water partition coefficient (Wildman–Crippen LogP) is 4.40. The maximum Gasteiger partial charge on any atom is 0.302 e. The maximum absolute atomic E-state index is 14.2. The molecule has 138 valence electrons. The number of fused-ring (bicyclic) bond motifs is 5. The Kier molecular flexibility index (Phi) is 3.90. The van der Waals surface area contributed by atoms with Crippen LogP contribution in [0.3, 0.4) is 0 Å². The highest BCUT2D eigenvalue weighted by Crippen LogP contribution is 2.64. The molecule has 0 aromatic carbocycles. The number of hydrogen-bond acceptors (Lipinski definition) is 3. The van der Waals surface area contributed by atoms with Gasteiger partial charge in [-0.05, 0) is 61.7 Å².